The molecule has 6 heteroatoms. The molecule has 1 aromatic heterocycles. The highest BCUT2D eigenvalue weighted by Crippen LogP contribution is 2.20. The monoisotopic (exact) mass is 252 g/mol. The molecule has 2 heterocycles. The molecular weight excluding hydrogens is 232 g/mol. The summed E-state index contributed by atoms with van der Waals surface area (Å²) in [7, 11) is 0. The molecular formula is C12H20N4O2. The first-order valence-electron chi connectivity index (χ1n) is 6.31. The van der Waals surface area contributed by atoms with Gasteiger partial charge in [-0.25, -0.2) is 14.5 Å². The van der Waals surface area contributed by atoms with Gasteiger partial charge in [-0.2, -0.15) is 5.10 Å². The predicted molar refractivity (Wildman–Crippen MR) is 66.3 cm³/mol. The Morgan fingerprint density at radius 1 is 1.44 bits per heavy atom. The zero-order valence-corrected chi connectivity index (χ0v) is 11.1. The molecule has 100 valence electrons. The number of piperidine rings is 1. The number of carbonyl (C=O) groups excluding carboxylic acids is 1. The molecule has 0 aromatic carbocycles. The number of nitrogens with one attached hydrogen (secondary N) is 1. The fraction of sp³-hybridized carbons (Fsp3) is 0.750. The van der Waals surface area contributed by atoms with Crippen LogP contribution in [0.15, 0.2) is 6.33 Å². The molecule has 2 rings (SSSR count). The minimum Gasteiger partial charge on any atom is -0.454 e. The van der Waals surface area contributed by atoms with Gasteiger partial charge in [0.2, 0.25) is 5.82 Å². The summed E-state index contributed by atoms with van der Waals surface area (Å²) < 4.78 is 7.04. The fourth-order valence-electron chi connectivity index (χ4n) is 2.04. The second-order valence-electron chi connectivity index (χ2n) is 5.51. The number of hydrogen-bond acceptors (Lipinski definition) is 5. The Hall–Kier alpha value is -1.43. The molecule has 0 spiro atoms. The molecule has 1 aliphatic rings. The summed E-state index contributed by atoms with van der Waals surface area (Å²) in [5.41, 5.74) is -0.512. The molecule has 0 aliphatic carbocycles. The number of aromatic nitrogens is 3. The van der Waals surface area contributed by atoms with E-state index in [1.54, 1.807) is 4.68 Å². The Kier molecular flexibility index (Phi) is 3.65. The van der Waals surface area contributed by atoms with Gasteiger partial charge in [-0.1, -0.05) is 0 Å². The van der Waals surface area contributed by atoms with E-state index in [0.717, 1.165) is 25.9 Å². The Bertz CT molecular complexity index is 416. The number of carbonyl (C=O) groups is 1. The molecule has 1 saturated heterocycles. The molecule has 0 amide bonds. The average Bonchev–Trinajstić information content (AvgIpc) is 2.76. The molecule has 0 atom stereocenters. The predicted octanol–water partition coefficient (Wildman–Crippen LogP) is 1.16. The van der Waals surface area contributed by atoms with Gasteiger partial charge in [-0.3, -0.25) is 0 Å². The first-order chi connectivity index (χ1) is 8.47. The first-order valence-corrected chi connectivity index (χ1v) is 6.31. The minimum absolute atomic E-state index is 0.233. The summed E-state index contributed by atoms with van der Waals surface area (Å²) in [6.45, 7) is 7.42. The van der Waals surface area contributed by atoms with E-state index < -0.39 is 11.6 Å². The lowest BCUT2D eigenvalue weighted by Crippen LogP contribution is -2.32. The highest BCUT2D eigenvalue weighted by molar-refractivity contribution is 5.85. The van der Waals surface area contributed by atoms with Crippen LogP contribution in [-0.4, -0.2) is 39.4 Å². The fourth-order valence-corrected chi connectivity index (χ4v) is 2.04. The van der Waals surface area contributed by atoms with Crippen LogP contribution in [0.4, 0.5) is 0 Å². The minimum atomic E-state index is -0.512. The summed E-state index contributed by atoms with van der Waals surface area (Å²) in [5, 5.41) is 7.45. The number of hydrogen-bond donors (Lipinski definition) is 1. The van der Waals surface area contributed by atoms with Crippen LogP contribution in [0.3, 0.4) is 0 Å². The molecule has 1 aromatic rings. The van der Waals surface area contributed by atoms with E-state index >= 15 is 0 Å². The van der Waals surface area contributed by atoms with Crippen LogP contribution < -0.4 is 5.32 Å². The van der Waals surface area contributed by atoms with Crippen LogP contribution in [0, 0.1) is 0 Å². The molecule has 18 heavy (non-hydrogen) atoms. The summed E-state index contributed by atoms with van der Waals surface area (Å²) in [6.07, 6.45) is 3.33. The normalized spacial score (nSPS) is 17.7. The van der Waals surface area contributed by atoms with Gasteiger partial charge >= 0.3 is 5.97 Å². The summed E-state index contributed by atoms with van der Waals surface area (Å²) >= 11 is 0. The molecule has 1 fully saturated rings. The van der Waals surface area contributed by atoms with E-state index in [0.29, 0.717) is 5.82 Å². The number of ether oxygens (including phenoxy) is 1. The second kappa shape index (κ2) is 5.06. The molecule has 0 unspecified atom stereocenters. The summed E-state index contributed by atoms with van der Waals surface area (Å²) in [4.78, 5) is 16.1. The van der Waals surface area contributed by atoms with Crippen LogP contribution in [0.2, 0.25) is 0 Å². The van der Waals surface area contributed by atoms with Gasteiger partial charge < -0.3 is 10.1 Å². The van der Waals surface area contributed by atoms with E-state index in [-0.39, 0.29) is 6.04 Å². The second-order valence-corrected chi connectivity index (χ2v) is 5.51. The molecule has 6 nitrogen and oxygen atoms in total. The van der Waals surface area contributed by atoms with Gasteiger partial charge in [0.05, 0.1) is 6.04 Å². The molecule has 1 aliphatic heterocycles. The number of esters is 1. The smallest absolute Gasteiger partial charge is 0.376 e. The van der Waals surface area contributed by atoms with Gasteiger partial charge in [-0.05, 0) is 46.7 Å². The standard InChI is InChI=1S/C12H20N4O2/c1-12(2,3)18-11(17)10-14-8-15-16(10)9-4-6-13-7-5-9/h8-9,13H,4-7H2,1-3H3. The summed E-state index contributed by atoms with van der Waals surface area (Å²) in [6, 6.07) is 0.233. The topological polar surface area (TPSA) is 69.0 Å². The van der Waals surface area contributed by atoms with E-state index in [1.165, 1.54) is 6.33 Å². The van der Waals surface area contributed by atoms with E-state index in [1.807, 2.05) is 20.8 Å². The lowest BCUT2D eigenvalue weighted by Gasteiger charge is -2.24. The van der Waals surface area contributed by atoms with Crippen molar-refractivity contribution < 1.29 is 9.53 Å². The maximum absolute atomic E-state index is 12.0. The van der Waals surface area contributed by atoms with Crippen molar-refractivity contribution in [2.45, 2.75) is 45.3 Å². The van der Waals surface area contributed by atoms with Crippen molar-refractivity contribution in [1.29, 1.82) is 0 Å². The van der Waals surface area contributed by atoms with Crippen LogP contribution in [-0.2, 0) is 4.74 Å². The van der Waals surface area contributed by atoms with Crippen LogP contribution in [0.1, 0.15) is 50.3 Å². The summed E-state index contributed by atoms with van der Waals surface area (Å²) in [5.74, 6) is -0.102. The van der Waals surface area contributed by atoms with Crippen LogP contribution in [0.5, 0.6) is 0 Å². The lowest BCUT2D eigenvalue weighted by atomic mass is 10.1. The van der Waals surface area contributed by atoms with Crippen molar-refractivity contribution >= 4 is 5.97 Å². The van der Waals surface area contributed by atoms with Gasteiger partial charge in [0.15, 0.2) is 0 Å². The highest BCUT2D eigenvalue weighted by Gasteiger charge is 2.26. The van der Waals surface area contributed by atoms with E-state index in [9.17, 15) is 4.79 Å². The molecule has 0 radical (unpaired) electrons. The largest absolute Gasteiger partial charge is 0.454 e. The van der Waals surface area contributed by atoms with Gasteiger partial charge in [-0.15, -0.1) is 0 Å². The van der Waals surface area contributed by atoms with Crippen molar-refractivity contribution in [2.24, 2.45) is 0 Å². The lowest BCUT2D eigenvalue weighted by molar-refractivity contribution is 0.00451. The third kappa shape index (κ3) is 3.07. The maximum atomic E-state index is 12.0. The molecule has 0 bridgehead atoms. The number of rotatable bonds is 2. The van der Waals surface area contributed by atoms with Crippen molar-refractivity contribution in [1.82, 2.24) is 20.1 Å². The van der Waals surface area contributed by atoms with Gasteiger partial charge in [0, 0.05) is 0 Å². The Balaban J connectivity index is 2.14. The Morgan fingerprint density at radius 2 is 2.11 bits per heavy atom. The third-order valence-electron chi connectivity index (χ3n) is 2.81. The van der Waals surface area contributed by atoms with Crippen LogP contribution >= 0.6 is 0 Å². The zero-order chi connectivity index (χ0) is 13.2. The van der Waals surface area contributed by atoms with Gasteiger partial charge in [0.25, 0.3) is 0 Å². The first kappa shape index (κ1) is 13.0. The maximum Gasteiger partial charge on any atom is 0.376 e. The average molecular weight is 252 g/mol. The zero-order valence-electron chi connectivity index (χ0n) is 11.1. The van der Waals surface area contributed by atoms with Crippen molar-refractivity contribution in [3.8, 4) is 0 Å². The Labute approximate surface area is 107 Å². The molecule has 0 saturated carbocycles. The van der Waals surface area contributed by atoms with Crippen molar-refractivity contribution in [2.75, 3.05) is 13.1 Å². The van der Waals surface area contributed by atoms with E-state index in [4.69, 9.17) is 4.74 Å². The van der Waals surface area contributed by atoms with Crippen molar-refractivity contribution in [3.63, 3.8) is 0 Å². The van der Waals surface area contributed by atoms with Crippen molar-refractivity contribution in [3.05, 3.63) is 12.2 Å². The van der Waals surface area contributed by atoms with Gasteiger partial charge in [0.1, 0.15) is 11.9 Å². The number of nitrogens with zero attached hydrogens (tertiary/aromatic N) is 3. The SMILES string of the molecule is CC(C)(C)OC(=O)c1ncnn1C1CCNCC1. The van der Waals surface area contributed by atoms with Crippen LogP contribution in [0.25, 0.3) is 0 Å². The highest BCUT2D eigenvalue weighted by atomic mass is 16.6. The molecule has 1 N–H and O–H groups in total. The Morgan fingerprint density at radius 3 is 2.72 bits per heavy atom. The van der Waals surface area contributed by atoms with E-state index in [2.05, 4.69) is 15.4 Å². The third-order valence-corrected chi connectivity index (χ3v) is 2.81. The quantitative estimate of drug-likeness (QED) is 0.800.